The van der Waals surface area contributed by atoms with Crippen LogP contribution in [0.15, 0.2) is 53.7 Å². The zero-order valence-corrected chi connectivity index (χ0v) is 17.4. The Morgan fingerprint density at radius 2 is 1.71 bits per heavy atom. The first-order valence-electron chi connectivity index (χ1n) is 9.66. The highest BCUT2D eigenvalue weighted by Crippen LogP contribution is 2.34. The van der Waals surface area contributed by atoms with Crippen molar-refractivity contribution in [2.75, 3.05) is 20.2 Å². The standard InChI is InChI=1S/C21H20F3N3O3S/c1-30-16-4-7-18-19(12-16)25-13-26-20(18)14-8-10-27(11-9-14)31(28,29)17-5-2-15(3-6-17)21(22,23)24/h2-7,12-14H,8-11H2,1H3. The van der Waals surface area contributed by atoms with E-state index in [1.54, 1.807) is 7.11 Å². The first kappa shape index (κ1) is 21.5. The maximum absolute atomic E-state index is 12.9. The van der Waals surface area contributed by atoms with Crippen molar-refractivity contribution < 1.29 is 26.3 Å². The molecule has 0 radical (unpaired) electrons. The van der Waals surface area contributed by atoms with Gasteiger partial charge in [-0.15, -0.1) is 0 Å². The first-order valence-corrected chi connectivity index (χ1v) is 11.1. The van der Waals surface area contributed by atoms with Crippen LogP contribution in [0.1, 0.15) is 30.0 Å². The van der Waals surface area contributed by atoms with Gasteiger partial charge >= 0.3 is 6.18 Å². The van der Waals surface area contributed by atoms with E-state index in [1.165, 1.54) is 10.6 Å². The molecule has 2 heterocycles. The summed E-state index contributed by atoms with van der Waals surface area (Å²) < 4.78 is 70.6. The van der Waals surface area contributed by atoms with Gasteiger partial charge in [-0.3, -0.25) is 0 Å². The molecule has 4 rings (SSSR count). The number of hydrogen-bond donors (Lipinski definition) is 0. The maximum Gasteiger partial charge on any atom is 0.416 e. The molecule has 6 nitrogen and oxygen atoms in total. The van der Waals surface area contributed by atoms with Crippen molar-refractivity contribution in [3.63, 3.8) is 0 Å². The smallest absolute Gasteiger partial charge is 0.416 e. The lowest BCUT2D eigenvalue weighted by molar-refractivity contribution is -0.137. The number of ether oxygens (including phenoxy) is 1. The van der Waals surface area contributed by atoms with Crippen LogP contribution in [-0.4, -0.2) is 42.9 Å². The Labute approximate surface area is 177 Å². The second-order valence-electron chi connectivity index (χ2n) is 7.34. The highest BCUT2D eigenvalue weighted by atomic mass is 32.2. The lowest BCUT2D eigenvalue weighted by Gasteiger charge is -2.31. The van der Waals surface area contributed by atoms with Gasteiger partial charge in [0.25, 0.3) is 0 Å². The summed E-state index contributed by atoms with van der Waals surface area (Å²) >= 11 is 0. The minimum atomic E-state index is -4.51. The van der Waals surface area contributed by atoms with Gasteiger partial charge in [0, 0.05) is 30.5 Å². The van der Waals surface area contributed by atoms with Crippen LogP contribution in [0.5, 0.6) is 5.75 Å². The molecule has 1 aromatic heterocycles. The monoisotopic (exact) mass is 451 g/mol. The third kappa shape index (κ3) is 4.22. The van der Waals surface area contributed by atoms with Gasteiger partial charge in [0.2, 0.25) is 10.0 Å². The Hall–Kier alpha value is -2.72. The van der Waals surface area contributed by atoms with Crippen LogP contribution in [0.25, 0.3) is 10.9 Å². The van der Waals surface area contributed by atoms with Crippen molar-refractivity contribution in [2.45, 2.75) is 29.8 Å². The topological polar surface area (TPSA) is 72.4 Å². The first-order chi connectivity index (χ1) is 14.7. The normalized spacial score (nSPS) is 16.5. The Morgan fingerprint density at radius 1 is 1.03 bits per heavy atom. The molecule has 31 heavy (non-hydrogen) atoms. The van der Waals surface area contributed by atoms with E-state index in [4.69, 9.17) is 4.74 Å². The lowest BCUT2D eigenvalue weighted by atomic mass is 9.92. The van der Waals surface area contributed by atoms with Crippen LogP contribution in [0.4, 0.5) is 13.2 Å². The molecule has 1 saturated heterocycles. The summed E-state index contributed by atoms with van der Waals surface area (Å²) in [6.07, 6.45) is -1.91. The molecule has 0 atom stereocenters. The number of halogens is 3. The van der Waals surface area contributed by atoms with Gasteiger partial charge in [0.15, 0.2) is 0 Å². The largest absolute Gasteiger partial charge is 0.497 e. The van der Waals surface area contributed by atoms with Gasteiger partial charge in [0.05, 0.1) is 28.8 Å². The Balaban J connectivity index is 1.51. The minimum Gasteiger partial charge on any atom is -0.497 e. The molecule has 2 aromatic carbocycles. The van der Waals surface area contributed by atoms with Crippen molar-refractivity contribution in [3.05, 3.63) is 60.0 Å². The van der Waals surface area contributed by atoms with Crippen LogP contribution in [-0.2, 0) is 16.2 Å². The van der Waals surface area contributed by atoms with Crippen molar-refractivity contribution in [1.82, 2.24) is 14.3 Å². The number of hydrogen-bond acceptors (Lipinski definition) is 5. The number of piperidine rings is 1. The molecule has 0 bridgehead atoms. The van der Waals surface area contributed by atoms with Crippen LogP contribution in [0.3, 0.4) is 0 Å². The molecule has 1 fully saturated rings. The number of nitrogens with zero attached hydrogens (tertiary/aromatic N) is 3. The molecule has 164 valence electrons. The summed E-state index contributed by atoms with van der Waals surface area (Å²) in [5.74, 6) is 0.743. The molecular weight excluding hydrogens is 431 g/mol. The number of aromatic nitrogens is 2. The number of sulfonamides is 1. The molecule has 3 aromatic rings. The van der Waals surface area contributed by atoms with E-state index >= 15 is 0 Å². The molecular formula is C21H20F3N3O3S. The van der Waals surface area contributed by atoms with Crippen LogP contribution in [0.2, 0.25) is 0 Å². The summed E-state index contributed by atoms with van der Waals surface area (Å²) in [6, 6.07) is 9.16. The predicted molar refractivity (Wildman–Crippen MR) is 108 cm³/mol. The van der Waals surface area contributed by atoms with Crippen LogP contribution >= 0.6 is 0 Å². The van der Waals surface area contributed by atoms with E-state index in [0.717, 1.165) is 40.9 Å². The Kier molecular flexibility index (Phi) is 5.61. The quantitative estimate of drug-likeness (QED) is 0.594. The number of rotatable bonds is 4. The number of benzene rings is 2. The van der Waals surface area contributed by atoms with Gasteiger partial charge in [-0.05, 0) is 49.2 Å². The van der Waals surface area contributed by atoms with Gasteiger partial charge in [-0.2, -0.15) is 17.5 Å². The highest BCUT2D eigenvalue weighted by molar-refractivity contribution is 7.89. The Morgan fingerprint density at radius 3 is 2.32 bits per heavy atom. The molecule has 0 spiro atoms. The van der Waals surface area contributed by atoms with E-state index in [9.17, 15) is 21.6 Å². The summed E-state index contributed by atoms with van der Waals surface area (Å²) in [4.78, 5) is 8.58. The molecule has 1 aliphatic heterocycles. The molecule has 0 N–H and O–H groups in total. The zero-order chi connectivity index (χ0) is 22.2. The minimum absolute atomic E-state index is 0.0537. The van der Waals surface area contributed by atoms with Crippen molar-refractivity contribution >= 4 is 20.9 Å². The fraction of sp³-hybridized carbons (Fsp3) is 0.333. The summed E-state index contributed by atoms with van der Waals surface area (Å²) in [6.45, 7) is 0.519. The maximum atomic E-state index is 12.9. The van der Waals surface area contributed by atoms with E-state index in [2.05, 4.69) is 9.97 Å². The molecule has 0 aliphatic carbocycles. The zero-order valence-electron chi connectivity index (χ0n) is 16.6. The average Bonchev–Trinajstić information content (AvgIpc) is 2.78. The molecule has 0 unspecified atom stereocenters. The van der Waals surface area contributed by atoms with Crippen molar-refractivity contribution in [3.8, 4) is 5.75 Å². The van der Waals surface area contributed by atoms with Crippen molar-refractivity contribution in [1.29, 1.82) is 0 Å². The summed E-state index contributed by atoms with van der Waals surface area (Å²) in [7, 11) is -2.29. The van der Waals surface area contributed by atoms with Gasteiger partial charge < -0.3 is 4.74 Å². The SMILES string of the molecule is COc1ccc2c(C3CCN(S(=O)(=O)c4ccc(C(F)(F)F)cc4)CC3)ncnc2c1. The highest BCUT2D eigenvalue weighted by Gasteiger charge is 2.33. The van der Waals surface area contributed by atoms with E-state index in [-0.39, 0.29) is 23.9 Å². The van der Waals surface area contributed by atoms with E-state index in [0.29, 0.717) is 18.6 Å². The molecule has 0 saturated carbocycles. The third-order valence-electron chi connectivity index (χ3n) is 5.53. The van der Waals surface area contributed by atoms with Gasteiger partial charge in [0.1, 0.15) is 12.1 Å². The average molecular weight is 451 g/mol. The number of alkyl halides is 3. The molecule has 10 heteroatoms. The second-order valence-corrected chi connectivity index (χ2v) is 9.28. The lowest BCUT2D eigenvalue weighted by Crippen LogP contribution is -2.38. The van der Waals surface area contributed by atoms with E-state index in [1.807, 2.05) is 18.2 Å². The molecule has 1 aliphatic rings. The predicted octanol–water partition coefficient (Wildman–Crippen LogP) is 4.23. The summed E-state index contributed by atoms with van der Waals surface area (Å²) in [5, 5.41) is 0.896. The fourth-order valence-corrected chi connectivity index (χ4v) is 5.31. The van der Waals surface area contributed by atoms with E-state index < -0.39 is 21.8 Å². The number of methoxy groups -OCH3 is 1. The third-order valence-corrected chi connectivity index (χ3v) is 7.45. The second kappa shape index (κ2) is 8.08. The summed E-state index contributed by atoms with van der Waals surface area (Å²) in [5.41, 5.74) is 0.737. The van der Waals surface area contributed by atoms with Crippen LogP contribution in [0, 0.1) is 0 Å². The van der Waals surface area contributed by atoms with Gasteiger partial charge in [-0.25, -0.2) is 18.4 Å². The van der Waals surface area contributed by atoms with Crippen molar-refractivity contribution in [2.24, 2.45) is 0 Å². The van der Waals surface area contributed by atoms with Crippen LogP contribution < -0.4 is 4.74 Å². The van der Waals surface area contributed by atoms with Gasteiger partial charge in [-0.1, -0.05) is 0 Å². The molecule has 0 amide bonds. The fourth-order valence-electron chi connectivity index (χ4n) is 3.84. The number of fused-ring (bicyclic) bond motifs is 1. The Bertz CT molecular complexity index is 1190.